The van der Waals surface area contributed by atoms with Crippen LogP contribution in [0, 0.1) is 13.8 Å². The number of aryl methyl sites for hydroxylation is 2. The molecule has 3 aromatic heterocycles. The molecule has 0 aliphatic carbocycles. The second-order valence-electron chi connectivity index (χ2n) is 3.60. The van der Waals surface area contributed by atoms with Gasteiger partial charge in [-0.05, 0) is 13.8 Å². The Kier molecular flexibility index (Phi) is 1.35. The zero-order valence-corrected chi connectivity index (χ0v) is 8.42. The molecule has 3 rings (SSSR count). The van der Waals surface area contributed by atoms with Gasteiger partial charge in [-0.2, -0.15) is 10.2 Å². The molecule has 6 heteroatoms. The number of nitrogens with two attached hydrogens (primary N) is 1. The highest BCUT2D eigenvalue weighted by Crippen LogP contribution is 2.28. The Labute approximate surface area is 84.9 Å². The summed E-state index contributed by atoms with van der Waals surface area (Å²) in [6, 6.07) is 0. The van der Waals surface area contributed by atoms with Crippen molar-refractivity contribution in [3.8, 4) is 0 Å². The Balaban J connectivity index is 2.68. The lowest BCUT2D eigenvalue weighted by atomic mass is 10.1. The number of nitrogens with zero attached hydrogens (tertiary/aromatic N) is 3. The van der Waals surface area contributed by atoms with E-state index in [1.807, 2.05) is 13.8 Å². The number of H-pyrrole nitrogens is 2. The van der Waals surface area contributed by atoms with E-state index in [-0.39, 0.29) is 0 Å². The molecule has 6 nitrogen and oxygen atoms in total. The van der Waals surface area contributed by atoms with E-state index in [2.05, 4.69) is 25.4 Å². The molecule has 0 fully saturated rings. The fraction of sp³-hybridized carbons (Fsp3) is 0.222. The molecule has 0 bridgehead atoms. The van der Waals surface area contributed by atoms with Gasteiger partial charge in [0.25, 0.3) is 0 Å². The predicted molar refractivity (Wildman–Crippen MR) is 57.4 cm³/mol. The third-order valence-electron chi connectivity index (χ3n) is 2.61. The largest absolute Gasteiger partial charge is 0.382 e. The van der Waals surface area contributed by atoms with E-state index < -0.39 is 0 Å². The number of rotatable bonds is 0. The molecule has 4 N–H and O–H groups in total. The average Bonchev–Trinajstić information content (AvgIpc) is 2.72. The number of aromatic amines is 2. The summed E-state index contributed by atoms with van der Waals surface area (Å²) >= 11 is 0. The summed E-state index contributed by atoms with van der Waals surface area (Å²) in [6.07, 6.45) is 0. The maximum atomic E-state index is 5.77. The van der Waals surface area contributed by atoms with Gasteiger partial charge in [0.15, 0.2) is 11.5 Å². The lowest BCUT2D eigenvalue weighted by Gasteiger charge is -1.97. The van der Waals surface area contributed by atoms with E-state index in [9.17, 15) is 0 Å². The molecule has 76 valence electrons. The van der Waals surface area contributed by atoms with Gasteiger partial charge in [-0.25, -0.2) is 4.98 Å². The monoisotopic (exact) mass is 202 g/mol. The molecule has 3 aromatic rings. The van der Waals surface area contributed by atoms with E-state index in [4.69, 9.17) is 5.73 Å². The first-order valence-corrected chi connectivity index (χ1v) is 4.63. The predicted octanol–water partition coefficient (Wildman–Crippen LogP) is 1.03. The summed E-state index contributed by atoms with van der Waals surface area (Å²) in [4.78, 5) is 4.38. The summed E-state index contributed by atoms with van der Waals surface area (Å²) in [5.41, 5.74) is 9.18. The zero-order chi connectivity index (χ0) is 10.6. The highest BCUT2D eigenvalue weighted by molar-refractivity contribution is 6.07. The fourth-order valence-electron chi connectivity index (χ4n) is 1.91. The van der Waals surface area contributed by atoms with Crippen LogP contribution in [0.1, 0.15) is 11.4 Å². The van der Waals surface area contributed by atoms with E-state index >= 15 is 0 Å². The minimum Gasteiger partial charge on any atom is -0.382 e. The minimum atomic E-state index is 0.484. The highest BCUT2D eigenvalue weighted by atomic mass is 15.2. The molecular weight excluding hydrogens is 192 g/mol. The highest BCUT2D eigenvalue weighted by Gasteiger charge is 2.14. The van der Waals surface area contributed by atoms with E-state index in [1.165, 1.54) is 0 Å². The van der Waals surface area contributed by atoms with Crippen molar-refractivity contribution in [3.05, 3.63) is 11.4 Å². The lowest BCUT2D eigenvalue weighted by molar-refractivity contribution is 1.05. The Morgan fingerprint density at radius 1 is 1.07 bits per heavy atom. The second-order valence-corrected chi connectivity index (χ2v) is 3.60. The van der Waals surface area contributed by atoms with Crippen LogP contribution in [0.3, 0.4) is 0 Å². The molecule has 15 heavy (non-hydrogen) atoms. The van der Waals surface area contributed by atoms with Crippen LogP contribution < -0.4 is 5.73 Å². The van der Waals surface area contributed by atoms with Crippen molar-refractivity contribution < 1.29 is 0 Å². The smallest absolute Gasteiger partial charge is 0.183 e. The topological polar surface area (TPSA) is 96.3 Å². The van der Waals surface area contributed by atoms with Gasteiger partial charge >= 0.3 is 0 Å². The third-order valence-corrected chi connectivity index (χ3v) is 2.61. The first kappa shape index (κ1) is 8.22. The van der Waals surface area contributed by atoms with Crippen molar-refractivity contribution in [3.63, 3.8) is 0 Å². The van der Waals surface area contributed by atoms with Crippen LogP contribution >= 0.6 is 0 Å². The van der Waals surface area contributed by atoms with Crippen LogP contribution in [0.4, 0.5) is 5.82 Å². The minimum absolute atomic E-state index is 0.484. The number of fused-ring (bicyclic) bond motifs is 3. The quantitative estimate of drug-likeness (QED) is 0.507. The molecule has 0 atom stereocenters. The number of aromatic nitrogens is 5. The second kappa shape index (κ2) is 2.47. The summed E-state index contributed by atoms with van der Waals surface area (Å²) < 4.78 is 0. The Hall–Kier alpha value is -2.11. The fourth-order valence-corrected chi connectivity index (χ4v) is 1.91. The van der Waals surface area contributed by atoms with Crippen LogP contribution in [-0.2, 0) is 0 Å². The van der Waals surface area contributed by atoms with Crippen LogP contribution in [-0.4, -0.2) is 25.4 Å². The Morgan fingerprint density at radius 3 is 2.67 bits per heavy atom. The molecule has 0 aromatic carbocycles. The normalized spacial score (nSPS) is 11.6. The van der Waals surface area contributed by atoms with Crippen LogP contribution in [0.25, 0.3) is 21.9 Å². The summed E-state index contributed by atoms with van der Waals surface area (Å²) in [5.74, 6) is 0.484. The average molecular weight is 202 g/mol. The number of hydrogen-bond acceptors (Lipinski definition) is 4. The van der Waals surface area contributed by atoms with Crippen LogP contribution in [0.2, 0.25) is 0 Å². The van der Waals surface area contributed by atoms with Gasteiger partial charge in [0.2, 0.25) is 0 Å². The molecule has 0 aliphatic rings. The SMILES string of the molecule is Cc1nc2n[nH]c(C)c2c2[nH]nc(N)c12. The van der Waals surface area contributed by atoms with Crippen molar-refractivity contribution in [2.45, 2.75) is 13.8 Å². The van der Waals surface area contributed by atoms with Crippen molar-refractivity contribution in [2.75, 3.05) is 5.73 Å². The lowest BCUT2D eigenvalue weighted by Crippen LogP contribution is -1.89. The molecule has 3 heterocycles. The number of nitrogens with one attached hydrogen (secondary N) is 2. The van der Waals surface area contributed by atoms with Crippen molar-refractivity contribution >= 4 is 27.8 Å². The number of anilines is 1. The molecule has 0 spiro atoms. The van der Waals surface area contributed by atoms with E-state index in [1.54, 1.807) is 0 Å². The summed E-state index contributed by atoms with van der Waals surface area (Å²) in [6.45, 7) is 3.85. The standard InChI is InChI=1S/C9H10N6/c1-3-5-7(13-14-8(5)10)6-4(2)12-15-9(6)11-3/h1-2H3,(H3,10,13,14)(H,11,12,15). The third kappa shape index (κ3) is 0.903. The first-order chi connectivity index (χ1) is 7.18. The first-order valence-electron chi connectivity index (χ1n) is 4.63. The maximum Gasteiger partial charge on any atom is 0.183 e. The molecule has 0 saturated carbocycles. The number of nitrogen functional groups attached to an aromatic ring is 1. The molecular formula is C9H10N6. The van der Waals surface area contributed by atoms with Crippen molar-refractivity contribution in [1.29, 1.82) is 0 Å². The zero-order valence-electron chi connectivity index (χ0n) is 8.42. The number of hydrogen-bond donors (Lipinski definition) is 3. The molecule has 0 radical (unpaired) electrons. The van der Waals surface area contributed by atoms with Gasteiger partial charge < -0.3 is 5.73 Å². The molecule has 0 aliphatic heterocycles. The van der Waals surface area contributed by atoms with Crippen LogP contribution in [0.5, 0.6) is 0 Å². The maximum absolute atomic E-state index is 5.77. The summed E-state index contributed by atoms with van der Waals surface area (Å²) in [5, 5.41) is 15.8. The van der Waals surface area contributed by atoms with Gasteiger partial charge in [-0.1, -0.05) is 0 Å². The Morgan fingerprint density at radius 2 is 1.87 bits per heavy atom. The molecule has 0 amide bonds. The van der Waals surface area contributed by atoms with Gasteiger partial charge in [0.1, 0.15) is 0 Å². The molecule has 0 unspecified atom stereocenters. The van der Waals surface area contributed by atoms with Crippen molar-refractivity contribution in [1.82, 2.24) is 25.4 Å². The summed E-state index contributed by atoms with van der Waals surface area (Å²) in [7, 11) is 0. The Bertz CT molecular complexity index is 662. The molecule has 0 saturated heterocycles. The van der Waals surface area contributed by atoms with Gasteiger partial charge in [-0.15, -0.1) is 0 Å². The van der Waals surface area contributed by atoms with Gasteiger partial charge in [-0.3, -0.25) is 10.2 Å². The van der Waals surface area contributed by atoms with Gasteiger partial charge in [0.05, 0.1) is 22.0 Å². The van der Waals surface area contributed by atoms with E-state index in [0.29, 0.717) is 11.5 Å². The van der Waals surface area contributed by atoms with Crippen LogP contribution in [0.15, 0.2) is 0 Å². The van der Waals surface area contributed by atoms with Gasteiger partial charge in [0, 0.05) is 5.69 Å². The number of pyridine rings is 1. The van der Waals surface area contributed by atoms with Crippen molar-refractivity contribution in [2.24, 2.45) is 0 Å². The van der Waals surface area contributed by atoms with E-state index in [0.717, 1.165) is 27.7 Å².